The molecule has 0 heterocycles. The van der Waals surface area contributed by atoms with E-state index in [4.69, 9.17) is 5.11 Å². The second-order valence-electron chi connectivity index (χ2n) is 2.77. The van der Waals surface area contributed by atoms with Crippen LogP contribution in [0, 0.1) is 0 Å². The van der Waals surface area contributed by atoms with Gasteiger partial charge in [-0.15, -0.1) is 0 Å². The van der Waals surface area contributed by atoms with Gasteiger partial charge in [-0.05, 0) is 13.3 Å². The van der Waals surface area contributed by atoms with Gasteiger partial charge in [-0.3, -0.25) is 4.79 Å². The number of carboxylic acid groups (broad SMARTS) is 1. The van der Waals surface area contributed by atoms with Crippen molar-refractivity contribution in [1.29, 1.82) is 0 Å². The molecule has 0 aliphatic rings. The molecule has 0 saturated heterocycles. The van der Waals surface area contributed by atoms with Crippen molar-refractivity contribution in [1.82, 2.24) is 4.72 Å². The fourth-order valence-electron chi connectivity index (χ4n) is 0.649. The summed E-state index contributed by atoms with van der Waals surface area (Å²) in [5.74, 6) is -1.33. The van der Waals surface area contributed by atoms with Gasteiger partial charge in [0.1, 0.15) is 0 Å². The Hall–Kier alpha value is -0.620. The topological polar surface area (TPSA) is 83.5 Å². The number of carbonyl (C=O) groups is 1. The molecular formula is C7H15NO4S. The zero-order valence-corrected chi connectivity index (χ0v) is 8.60. The summed E-state index contributed by atoms with van der Waals surface area (Å²) in [7, 11) is -3.68. The molecule has 0 radical (unpaired) electrons. The van der Waals surface area contributed by atoms with Gasteiger partial charge < -0.3 is 5.11 Å². The van der Waals surface area contributed by atoms with Crippen LogP contribution in [0.2, 0.25) is 0 Å². The van der Waals surface area contributed by atoms with Crippen LogP contribution in [0.15, 0.2) is 0 Å². The summed E-state index contributed by atoms with van der Waals surface area (Å²) in [6, 6.07) is 0. The minimum absolute atomic E-state index is 0.302. The Bertz CT molecular complexity index is 260. The third-order valence-corrected chi connectivity index (χ3v) is 3.39. The van der Waals surface area contributed by atoms with Crippen molar-refractivity contribution >= 4 is 16.0 Å². The molecule has 0 aliphatic heterocycles. The highest BCUT2D eigenvalue weighted by molar-refractivity contribution is 7.90. The molecule has 0 bridgehead atoms. The highest BCUT2D eigenvalue weighted by atomic mass is 32.2. The molecule has 0 aromatic carbocycles. The van der Waals surface area contributed by atoms with E-state index in [0.717, 1.165) is 13.3 Å². The third-order valence-electron chi connectivity index (χ3n) is 1.65. The van der Waals surface area contributed by atoms with E-state index < -0.39 is 21.2 Å². The van der Waals surface area contributed by atoms with E-state index in [9.17, 15) is 13.2 Å². The molecule has 5 nitrogen and oxygen atoms in total. The first kappa shape index (κ1) is 12.4. The van der Waals surface area contributed by atoms with Crippen molar-refractivity contribution in [2.24, 2.45) is 0 Å². The zero-order chi connectivity index (χ0) is 10.5. The van der Waals surface area contributed by atoms with Gasteiger partial charge in [0.05, 0.1) is 0 Å². The van der Waals surface area contributed by atoms with Crippen LogP contribution in [-0.2, 0) is 14.8 Å². The smallest absolute Gasteiger partial charge is 0.323 e. The average Bonchev–Trinajstić information content (AvgIpc) is 2.03. The molecule has 0 aromatic rings. The standard InChI is InChI=1S/C7H15NO4S/c1-3-4-5-8-13(11,12)6(2)7(9)10/h6,8H,3-5H2,1-2H3,(H,9,10). The van der Waals surface area contributed by atoms with Gasteiger partial charge in [0.25, 0.3) is 0 Å². The van der Waals surface area contributed by atoms with E-state index in [1.807, 2.05) is 6.92 Å². The lowest BCUT2D eigenvalue weighted by Gasteiger charge is -2.08. The molecule has 0 spiro atoms. The number of carboxylic acids is 1. The van der Waals surface area contributed by atoms with Crippen LogP contribution in [-0.4, -0.2) is 31.3 Å². The minimum atomic E-state index is -3.68. The monoisotopic (exact) mass is 209 g/mol. The largest absolute Gasteiger partial charge is 0.480 e. The lowest BCUT2D eigenvalue weighted by Crippen LogP contribution is -2.37. The van der Waals surface area contributed by atoms with Crippen LogP contribution >= 0.6 is 0 Å². The quantitative estimate of drug-likeness (QED) is 0.611. The molecule has 13 heavy (non-hydrogen) atoms. The molecule has 0 rings (SSSR count). The summed E-state index contributed by atoms with van der Waals surface area (Å²) in [5, 5.41) is 7.07. The summed E-state index contributed by atoms with van der Waals surface area (Å²) >= 11 is 0. The summed E-state index contributed by atoms with van der Waals surface area (Å²) in [6.07, 6.45) is 1.58. The Morgan fingerprint density at radius 1 is 1.54 bits per heavy atom. The van der Waals surface area contributed by atoms with E-state index in [-0.39, 0.29) is 0 Å². The van der Waals surface area contributed by atoms with Crippen LogP contribution in [0.4, 0.5) is 0 Å². The molecule has 2 N–H and O–H groups in total. The van der Waals surface area contributed by atoms with Crippen molar-refractivity contribution in [2.75, 3.05) is 6.54 Å². The Balaban J connectivity index is 4.16. The molecule has 0 amide bonds. The van der Waals surface area contributed by atoms with Crippen LogP contribution in [0.1, 0.15) is 26.7 Å². The molecule has 0 fully saturated rings. The van der Waals surface area contributed by atoms with Crippen molar-refractivity contribution in [3.05, 3.63) is 0 Å². The zero-order valence-electron chi connectivity index (χ0n) is 7.78. The summed E-state index contributed by atoms with van der Waals surface area (Å²) in [5.41, 5.74) is 0. The fraction of sp³-hybridized carbons (Fsp3) is 0.857. The molecular weight excluding hydrogens is 194 g/mol. The van der Waals surface area contributed by atoms with E-state index in [1.54, 1.807) is 0 Å². The maximum absolute atomic E-state index is 11.2. The van der Waals surface area contributed by atoms with E-state index in [1.165, 1.54) is 0 Å². The Kier molecular flexibility index (Phi) is 4.94. The molecule has 1 atom stereocenters. The number of hydrogen-bond acceptors (Lipinski definition) is 3. The predicted molar refractivity (Wildman–Crippen MR) is 48.9 cm³/mol. The van der Waals surface area contributed by atoms with Crippen LogP contribution in [0.5, 0.6) is 0 Å². The predicted octanol–water partition coefficient (Wildman–Crippen LogP) is 0.179. The number of hydrogen-bond donors (Lipinski definition) is 2. The van der Waals surface area contributed by atoms with Crippen molar-refractivity contribution in [3.8, 4) is 0 Å². The van der Waals surface area contributed by atoms with Crippen LogP contribution in [0.3, 0.4) is 0 Å². The minimum Gasteiger partial charge on any atom is -0.480 e. The SMILES string of the molecule is CCCCNS(=O)(=O)C(C)C(=O)O. The van der Waals surface area contributed by atoms with Gasteiger partial charge in [-0.25, -0.2) is 13.1 Å². The number of aliphatic carboxylic acids is 1. The van der Waals surface area contributed by atoms with Crippen molar-refractivity contribution in [3.63, 3.8) is 0 Å². The number of nitrogens with one attached hydrogen (secondary N) is 1. The summed E-state index contributed by atoms with van der Waals surface area (Å²) in [6.45, 7) is 3.38. The fourth-order valence-corrected chi connectivity index (χ4v) is 1.59. The number of rotatable bonds is 6. The molecule has 0 saturated carbocycles. The molecule has 0 aromatic heterocycles. The molecule has 0 aliphatic carbocycles. The lowest BCUT2D eigenvalue weighted by atomic mass is 10.3. The normalized spacial score (nSPS) is 14.0. The second-order valence-corrected chi connectivity index (χ2v) is 4.86. The first-order chi connectivity index (χ1) is 5.91. The maximum Gasteiger partial charge on any atom is 0.323 e. The first-order valence-electron chi connectivity index (χ1n) is 4.13. The highest BCUT2D eigenvalue weighted by Gasteiger charge is 2.26. The Labute approximate surface area is 78.2 Å². The molecule has 1 unspecified atom stereocenters. The summed E-state index contributed by atoms with van der Waals surface area (Å²) < 4.78 is 24.5. The number of sulfonamides is 1. The van der Waals surface area contributed by atoms with E-state index >= 15 is 0 Å². The van der Waals surface area contributed by atoms with Crippen molar-refractivity contribution < 1.29 is 18.3 Å². The molecule has 78 valence electrons. The van der Waals surface area contributed by atoms with Crippen LogP contribution < -0.4 is 4.72 Å². The van der Waals surface area contributed by atoms with Gasteiger partial charge in [0, 0.05) is 6.54 Å². The van der Waals surface area contributed by atoms with E-state index in [2.05, 4.69) is 4.72 Å². The van der Waals surface area contributed by atoms with Gasteiger partial charge in [-0.2, -0.15) is 0 Å². The van der Waals surface area contributed by atoms with Crippen molar-refractivity contribution in [2.45, 2.75) is 31.9 Å². The summed E-state index contributed by atoms with van der Waals surface area (Å²) in [4.78, 5) is 10.4. The van der Waals surface area contributed by atoms with E-state index in [0.29, 0.717) is 13.0 Å². The Morgan fingerprint density at radius 2 is 2.08 bits per heavy atom. The van der Waals surface area contributed by atoms with Gasteiger partial charge in [0.2, 0.25) is 10.0 Å². The maximum atomic E-state index is 11.2. The van der Waals surface area contributed by atoms with Gasteiger partial charge >= 0.3 is 5.97 Å². The Morgan fingerprint density at radius 3 is 2.46 bits per heavy atom. The lowest BCUT2D eigenvalue weighted by molar-refractivity contribution is -0.136. The van der Waals surface area contributed by atoms with Gasteiger partial charge in [-0.1, -0.05) is 13.3 Å². The molecule has 6 heteroatoms. The average molecular weight is 209 g/mol. The number of unbranched alkanes of at least 4 members (excludes halogenated alkanes) is 1. The highest BCUT2D eigenvalue weighted by Crippen LogP contribution is 1.98. The first-order valence-corrected chi connectivity index (χ1v) is 5.67. The van der Waals surface area contributed by atoms with Crippen LogP contribution in [0.25, 0.3) is 0 Å². The second kappa shape index (κ2) is 5.18. The van der Waals surface area contributed by atoms with Gasteiger partial charge in [0.15, 0.2) is 5.25 Å². The third kappa shape index (κ3) is 4.23.